The van der Waals surface area contributed by atoms with Gasteiger partial charge in [0.25, 0.3) is 0 Å². The molecule has 0 radical (unpaired) electrons. The van der Waals surface area contributed by atoms with Crippen LogP contribution in [-0.4, -0.2) is 37.8 Å². The molecule has 0 unspecified atom stereocenters. The summed E-state index contributed by atoms with van der Waals surface area (Å²) in [4.78, 5) is 3.41. The van der Waals surface area contributed by atoms with Crippen LogP contribution in [0.15, 0.2) is 34.8 Å². The van der Waals surface area contributed by atoms with Crippen molar-refractivity contribution in [3.05, 3.63) is 40.4 Å². The maximum absolute atomic E-state index is 10.0. The lowest BCUT2D eigenvalue weighted by Crippen LogP contribution is -3.27. The van der Waals surface area contributed by atoms with E-state index < -0.39 is 0 Å². The van der Waals surface area contributed by atoms with Gasteiger partial charge in [-0.2, -0.15) is 0 Å². The number of aromatic hydroxyl groups is 1. The highest BCUT2D eigenvalue weighted by Crippen LogP contribution is 2.42. The van der Waals surface area contributed by atoms with E-state index in [0.29, 0.717) is 5.75 Å². The highest BCUT2D eigenvalue weighted by atomic mass is 79.9. The first-order chi connectivity index (χ1) is 11.2. The second-order valence-electron chi connectivity index (χ2n) is 7.69. The number of hydrogen-bond donors (Lipinski definition) is 3. The molecule has 3 N–H and O–H groups in total. The van der Waals surface area contributed by atoms with Crippen LogP contribution in [0.25, 0.3) is 0 Å². The molecule has 124 valence electrons. The zero-order valence-corrected chi connectivity index (χ0v) is 15.2. The van der Waals surface area contributed by atoms with Gasteiger partial charge < -0.3 is 14.9 Å². The molecule has 4 rings (SSSR count). The van der Waals surface area contributed by atoms with Crippen LogP contribution in [0, 0.1) is 17.8 Å². The second-order valence-corrected chi connectivity index (χ2v) is 8.61. The second kappa shape index (κ2) is 6.58. The number of rotatable bonds is 4. The highest BCUT2D eigenvalue weighted by molar-refractivity contribution is 9.10. The number of nitrogens with one attached hydrogen (secondary N) is 2. The minimum absolute atomic E-state index is 0.434. The first-order valence-electron chi connectivity index (χ1n) is 9.00. The number of halogens is 1. The lowest BCUT2D eigenvalue weighted by molar-refractivity contribution is -1.02. The Morgan fingerprint density at radius 1 is 1.04 bits per heavy atom. The third-order valence-electron chi connectivity index (χ3n) is 6.11. The van der Waals surface area contributed by atoms with Gasteiger partial charge in [0, 0.05) is 16.0 Å². The molecule has 23 heavy (non-hydrogen) atoms. The van der Waals surface area contributed by atoms with Gasteiger partial charge >= 0.3 is 0 Å². The average Bonchev–Trinajstić information content (AvgIpc) is 3.16. The van der Waals surface area contributed by atoms with Crippen molar-refractivity contribution in [2.75, 3.05) is 32.7 Å². The van der Waals surface area contributed by atoms with Crippen molar-refractivity contribution in [1.82, 2.24) is 0 Å². The Bertz CT molecular complexity index is 595. The first kappa shape index (κ1) is 15.7. The van der Waals surface area contributed by atoms with Crippen LogP contribution < -0.4 is 9.80 Å². The Labute approximate surface area is 147 Å². The minimum atomic E-state index is 0.434. The molecule has 3 nitrogen and oxygen atoms in total. The quantitative estimate of drug-likeness (QED) is 0.659. The molecule has 0 amide bonds. The molecule has 3 atom stereocenters. The van der Waals surface area contributed by atoms with Gasteiger partial charge in [-0.1, -0.05) is 28.1 Å². The number of piperazine rings is 1. The summed E-state index contributed by atoms with van der Waals surface area (Å²) in [6, 6.07) is 5.76. The predicted octanol–water partition coefficient (Wildman–Crippen LogP) is 0.650. The zero-order chi connectivity index (χ0) is 15.8. The SMILES string of the molecule is Oc1ccc(Br)cc1C[NH+]1CC[NH+](C[C@H]2C[C@H]3C=C[C@H]2C3)CC1. The van der Waals surface area contributed by atoms with E-state index in [-0.39, 0.29) is 0 Å². The van der Waals surface area contributed by atoms with Crippen molar-refractivity contribution in [2.45, 2.75) is 19.4 Å². The van der Waals surface area contributed by atoms with Gasteiger partial charge in [-0.3, -0.25) is 0 Å². The molecule has 1 aliphatic heterocycles. The summed E-state index contributed by atoms with van der Waals surface area (Å²) in [6.45, 7) is 7.32. The van der Waals surface area contributed by atoms with E-state index in [0.717, 1.165) is 34.3 Å². The summed E-state index contributed by atoms with van der Waals surface area (Å²) in [7, 11) is 0. The van der Waals surface area contributed by atoms with Crippen LogP contribution >= 0.6 is 15.9 Å². The fourth-order valence-electron chi connectivity index (χ4n) is 4.80. The molecule has 4 heteroatoms. The van der Waals surface area contributed by atoms with Crippen LogP contribution in [-0.2, 0) is 6.54 Å². The molecule has 2 bridgehead atoms. The summed E-state index contributed by atoms with van der Waals surface area (Å²) < 4.78 is 1.05. The van der Waals surface area contributed by atoms with Gasteiger partial charge in [0.1, 0.15) is 38.5 Å². The molecule has 2 fully saturated rings. The Hall–Kier alpha value is -0.840. The van der Waals surface area contributed by atoms with Gasteiger partial charge in [-0.25, -0.2) is 0 Å². The van der Waals surface area contributed by atoms with E-state index in [9.17, 15) is 5.11 Å². The average molecular weight is 379 g/mol. The number of phenolic OH excluding ortho intramolecular Hbond substituents is 1. The van der Waals surface area contributed by atoms with Crippen LogP contribution in [0.5, 0.6) is 5.75 Å². The number of allylic oxidation sites excluding steroid dienone is 2. The number of benzene rings is 1. The molecule has 1 saturated heterocycles. The van der Waals surface area contributed by atoms with E-state index in [1.165, 1.54) is 45.6 Å². The molecular formula is C19H27BrN2O+2. The van der Waals surface area contributed by atoms with Crippen LogP contribution in [0.3, 0.4) is 0 Å². The van der Waals surface area contributed by atoms with E-state index in [4.69, 9.17) is 0 Å². The Kier molecular flexibility index (Phi) is 4.48. The molecule has 1 saturated carbocycles. The third-order valence-corrected chi connectivity index (χ3v) is 6.61. The number of fused-ring (bicyclic) bond motifs is 2. The number of phenols is 1. The maximum atomic E-state index is 10.0. The lowest BCUT2D eigenvalue weighted by Gasteiger charge is -2.32. The number of hydrogen-bond acceptors (Lipinski definition) is 1. The van der Waals surface area contributed by atoms with E-state index >= 15 is 0 Å². The summed E-state index contributed by atoms with van der Waals surface area (Å²) >= 11 is 3.51. The first-order valence-corrected chi connectivity index (χ1v) is 9.79. The maximum Gasteiger partial charge on any atom is 0.127 e. The van der Waals surface area contributed by atoms with Crippen molar-refractivity contribution in [1.29, 1.82) is 0 Å². The van der Waals surface area contributed by atoms with Gasteiger partial charge in [-0.15, -0.1) is 0 Å². The third kappa shape index (κ3) is 3.49. The van der Waals surface area contributed by atoms with Crippen LogP contribution in [0.4, 0.5) is 0 Å². The van der Waals surface area contributed by atoms with E-state index in [1.54, 1.807) is 15.9 Å². The molecule has 1 aromatic rings. The van der Waals surface area contributed by atoms with E-state index in [2.05, 4.69) is 34.1 Å². The molecule has 0 spiro atoms. The van der Waals surface area contributed by atoms with Gasteiger partial charge in [0.05, 0.1) is 6.54 Å². The monoisotopic (exact) mass is 378 g/mol. The minimum Gasteiger partial charge on any atom is -0.507 e. The van der Waals surface area contributed by atoms with Gasteiger partial charge in [-0.05, 0) is 42.9 Å². The predicted molar refractivity (Wildman–Crippen MR) is 94.6 cm³/mol. The van der Waals surface area contributed by atoms with Crippen molar-refractivity contribution in [3.8, 4) is 5.75 Å². The molecule has 3 aliphatic rings. The van der Waals surface area contributed by atoms with Crippen molar-refractivity contribution in [2.24, 2.45) is 17.8 Å². The summed E-state index contributed by atoms with van der Waals surface area (Å²) in [5.74, 6) is 3.16. The normalized spacial score (nSPS) is 35.8. The van der Waals surface area contributed by atoms with E-state index in [1.807, 2.05) is 6.07 Å². The van der Waals surface area contributed by atoms with Crippen molar-refractivity contribution >= 4 is 15.9 Å². The fourth-order valence-corrected chi connectivity index (χ4v) is 5.21. The summed E-state index contributed by atoms with van der Waals surface area (Å²) in [5, 5.41) is 10.0. The van der Waals surface area contributed by atoms with Crippen molar-refractivity contribution in [3.63, 3.8) is 0 Å². The molecule has 2 aliphatic carbocycles. The Morgan fingerprint density at radius 2 is 1.83 bits per heavy atom. The molecule has 1 heterocycles. The topological polar surface area (TPSA) is 29.1 Å². The van der Waals surface area contributed by atoms with Gasteiger partial charge in [0.2, 0.25) is 0 Å². The zero-order valence-electron chi connectivity index (χ0n) is 13.6. The Morgan fingerprint density at radius 3 is 2.52 bits per heavy atom. The largest absolute Gasteiger partial charge is 0.507 e. The molecule has 1 aromatic carbocycles. The lowest BCUT2D eigenvalue weighted by atomic mass is 9.93. The summed E-state index contributed by atoms with van der Waals surface area (Å²) in [5.41, 5.74) is 1.07. The summed E-state index contributed by atoms with van der Waals surface area (Å²) in [6.07, 6.45) is 7.80. The van der Waals surface area contributed by atoms with Crippen LogP contribution in [0.1, 0.15) is 18.4 Å². The standard InChI is InChI=1S/C19H25BrN2O/c20-18-3-4-19(23)17(11-18)13-22-7-5-21(6-8-22)12-16-10-14-1-2-15(16)9-14/h1-4,11,14-16,23H,5-10,12-13H2/p+2/t14-,15-,16+/m0/s1. The smallest absolute Gasteiger partial charge is 0.127 e. The number of quaternary nitrogens is 2. The van der Waals surface area contributed by atoms with Crippen molar-refractivity contribution < 1.29 is 14.9 Å². The highest BCUT2D eigenvalue weighted by Gasteiger charge is 2.38. The fraction of sp³-hybridized carbons (Fsp3) is 0.579. The molecule has 0 aromatic heterocycles. The van der Waals surface area contributed by atoms with Crippen LogP contribution in [0.2, 0.25) is 0 Å². The van der Waals surface area contributed by atoms with Gasteiger partial charge in [0.15, 0.2) is 0 Å². The Balaban J connectivity index is 1.27. The molecular weight excluding hydrogens is 352 g/mol.